The van der Waals surface area contributed by atoms with Crippen LogP contribution in [0.3, 0.4) is 0 Å². The summed E-state index contributed by atoms with van der Waals surface area (Å²) in [5, 5.41) is 9.17. The summed E-state index contributed by atoms with van der Waals surface area (Å²) in [6.45, 7) is 3.60. The summed E-state index contributed by atoms with van der Waals surface area (Å²) < 4.78 is 0. The van der Waals surface area contributed by atoms with E-state index in [1.807, 2.05) is 32.0 Å². The van der Waals surface area contributed by atoms with E-state index in [0.717, 1.165) is 0 Å². The van der Waals surface area contributed by atoms with Gasteiger partial charge in [0.1, 0.15) is 0 Å². The van der Waals surface area contributed by atoms with Gasteiger partial charge < -0.3 is 10.0 Å². The van der Waals surface area contributed by atoms with Crippen molar-refractivity contribution in [2.45, 2.75) is 19.4 Å². The molecule has 0 saturated carbocycles. The summed E-state index contributed by atoms with van der Waals surface area (Å²) in [5.41, 5.74) is 0.106. The van der Waals surface area contributed by atoms with Crippen LogP contribution in [0.4, 0.5) is 0 Å². The molecule has 0 heterocycles. The number of carbonyl (C=O) groups excluding carboxylic acids is 1. The van der Waals surface area contributed by atoms with E-state index >= 15 is 0 Å². The van der Waals surface area contributed by atoms with Crippen molar-refractivity contribution in [3.05, 3.63) is 35.9 Å². The molecule has 0 bridgehead atoms. The topological polar surface area (TPSA) is 40.5 Å². The molecule has 1 aromatic carbocycles. The van der Waals surface area contributed by atoms with Crippen LogP contribution in [0.15, 0.2) is 30.3 Å². The zero-order valence-electron chi connectivity index (χ0n) is 9.40. The first-order valence-electron chi connectivity index (χ1n) is 4.93. The van der Waals surface area contributed by atoms with E-state index in [1.165, 1.54) is 0 Å². The summed E-state index contributed by atoms with van der Waals surface area (Å²) in [6.07, 6.45) is 0. The highest BCUT2D eigenvalue weighted by molar-refractivity contribution is 5.94. The Labute approximate surface area is 90.3 Å². The maximum absolute atomic E-state index is 12.0. The van der Waals surface area contributed by atoms with Crippen molar-refractivity contribution in [1.82, 2.24) is 4.90 Å². The predicted octanol–water partition coefficient (Wildman–Crippen LogP) is 1.53. The molecule has 82 valence electrons. The number of aliphatic hydroxyl groups excluding tert-OH is 1. The van der Waals surface area contributed by atoms with E-state index < -0.39 is 5.54 Å². The molecule has 15 heavy (non-hydrogen) atoms. The molecule has 0 fully saturated rings. The Balaban J connectivity index is 2.87. The highest BCUT2D eigenvalue weighted by atomic mass is 16.3. The number of amides is 1. The van der Waals surface area contributed by atoms with Gasteiger partial charge in [0.2, 0.25) is 0 Å². The van der Waals surface area contributed by atoms with E-state index in [9.17, 15) is 4.79 Å². The standard InChI is InChI=1S/C12H17NO2/c1-12(2,9-14)13(3)11(15)10-7-5-4-6-8-10/h4-8,14H,9H2,1-3H3. The van der Waals surface area contributed by atoms with Gasteiger partial charge in [-0.25, -0.2) is 0 Å². The summed E-state index contributed by atoms with van der Waals surface area (Å²) >= 11 is 0. The Morgan fingerprint density at radius 1 is 1.33 bits per heavy atom. The molecule has 0 spiro atoms. The third-order valence-corrected chi connectivity index (χ3v) is 2.62. The lowest BCUT2D eigenvalue weighted by Gasteiger charge is -2.33. The SMILES string of the molecule is CN(C(=O)c1ccccc1)C(C)(C)CO. The monoisotopic (exact) mass is 207 g/mol. The van der Waals surface area contributed by atoms with Gasteiger partial charge in [0.15, 0.2) is 0 Å². The van der Waals surface area contributed by atoms with Crippen molar-refractivity contribution in [3.8, 4) is 0 Å². The maximum atomic E-state index is 12.0. The van der Waals surface area contributed by atoms with Crippen LogP contribution in [-0.4, -0.2) is 35.1 Å². The van der Waals surface area contributed by atoms with Gasteiger partial charge in [-0.2, -0.15) is 0 Å². The number of likely N-dealkylation sites (N-methyl/N-ethyl adjacent to an activating group) is 1. The Kier molecular flexibility index (Phi) is 3.48. The van der Waals surface area contributed by atoms with E-state index in [4.69, 9.17) is 5.11 Å². The second kappa shape index (κ2) is 4.45. The summed E-state index contributed by atoms with van der Waals surface area (Å²) in [7, 11) is 1.70. The van der Waals surface area contributed by atoms with Crippen molar-refractivity contribution in [1.29, 1.82) is 0 Å². The molecule has 0 aromatic heterocycles. The Hall–Kier alpha value is -1.35. The Morgan fingerprint density at radius 3 is 2.33 bits per heavy atom. The average Bonchev–Trinajstić information content (AvgIpc) is 2.28. The number of benzene rings is 1. The van der Waals surface area contributed by atoms with Gasteiger partial charge >= 0.3 is 0 Å². The lowest BCUT2D eigenvalue weighted by Crippen LogP contribution is -2.47. The molecule has 0 aliphatic carbocycles. The summed E-state index contributed by atoms with van der Waals surface area (Å²) in [6, 6.07) is 9.06. The zero-order chi connectivity index (χ0) is 11.5. The number of hydrogen-bond donors (Lipinski definition) is 1. The molecule has 0 aliphatic rings. The van der Waals surface area contributed by atoms with Crippen LogP contribution in [0.5, 0.6) is 0 Å². The first-order valence-corrected chi connectivity index (χ1v) is 4.93. The fraction of sp³-hybridized carbons (Fsp3) is 0.417. The van der Waals surface area contributed by atoms with Gasteiger partial charge in [-0.15, -0.1) is 0 Å². The van der Waals surface area contributed by atoms with E-state index in [0.29, 0.717) is 5.56 Å². The predicted molar refractivity (Wildman–Crippen MR) is 59.7 cm³/mol. The van der Waals surface area contributed by atoms with Crippen LogP contribution in [0.2, 0.25) is 0 Å². The van der Waals surface area contributed by atoms with Gasteiger partial charge in [0, 0.05) is 12.6 Å². The average molecular weight is 207 g/mol. The fourth-order valence-corrected chi connectivity index (χ4v) is 1.16. The van der Waals surface area contributed by atoms with Crippen molar-refractivity contribution >= 4 is 5.91 Å². The molecule has 0 aliphatic heterocycles. The Bertz CT molecular complexity index is 333. The number of rotatable bonds is 3. The second-order valence-electron chi connectivity index (χ2n) is 4.20. The first-order chi connectivity index (χ1) is 6.99. The minimum Gasteiger partial charge on any atom is -0.394 e. The van der Waals surface area contributed by atoms with Gasteiger partial charge in [-0.1, -0.05) is 18.2 Å². The normalized spacial score (nSPS) is 11.2. The molecule has 1 rings (SSSR count). The minimum atomic E-state index is -0.535. The lowest BCUT2D eigenvalue weighted by molar-refractivity contribution is 0.0473. The highest BCUT2D eigenvalue weighted by Gasteiger charge is 2.27. The first kappa shape index (κ1) is 11.7. The Morgan fingerprint density at radius 2 is 1.87 bits per heavy atom. The van der Waals surface area contributed by atoms with Crippen LogP contribution in [-0.2, 0) is 0 Å². The molecular weight excluding hydrogens is 190 g/mol. The van der Waals surface area contributed by atoms with Crippen molar-refractivity contribution in [2.75, 3.05) is 13.7 Å². The van der Waals surface area contributed by atoms with Crippen LogP contribution in [0.25, 0.3) is 0 Å². The molecule has 3 heteroatoms. The number of nitrogens with zero attached hydrogens (tertiary/aromatic N) is 1. The summed E-state index contributed by atoms with van der Waals surface area (Å²) in [5.74, 6) is -0.0744. The molecule has 0 atom stereocenters. The molecule has 1 amide bonds. The molecule has 1 N–H and O–H groups in total. The number of aliphatic hydroxyl groups is 1. The van der Waals surface area contributed by atoms with E-state index in [1.54, 1.807) is 24.1 Å². The van der Waals surface area contributed by atoms with Crippen molar-refractivity contribution in [2.24, 2.45) is 0 Å². The number of carbonyl (C=O) groups is 1. The second-order valence-corrected chi connectivity index (χ2v) is 4.20. The lowest BCUT2D eigenvalue weighted by atomic mass is 10.0. The fourth-order valence-electron chi connectivity index (χ4n) is 1.16. The van der Waals surface area contributed by atoms with Crippen molar-refractivity contribution in [3.63, 3.8) is 0 Å². The van der Waals surface area contributed by atoms with Crippen LogP contribution in [0, 0.1) is 0 Å². The third-order valence-electron chi connectivity index (χ3n) is 2.62. The van der Waals surface area contributed by atoms with Gasteiger partial charge in [0.25, 0.3) is 5.91 Å². The zero-order valence-corrected chi connectivity index (χ0v) is 9.40. The molecule has 0 radical (unpaired) electrons. The molecule has 3 nitrogen and oxygen atoms in total. The third kappa shape index (κ3) is 2.57. The van der Waals surface area contributed by atoms with E-state index in [2.05, 4.69) is 0 Å². The highest BCUT2D eigenvalue weighted by Crippen LogP contribution is 2.14. The van der Waals surface area contributed by atoms with Crippen molar-refractivity contribution < 1.29 is 9.90 Å². The largest absolute Gasteiger partial charge is 0.394 e. The van der Waals surface area contributed by atoms with Gasteiger partial charge in [-0.05, 0) is 26.0 Å². The van der Waals surface area contributed by atoms with Crippen LogP contribution >= 0.6 is 0 Å². The summed E-state index contributed by atoms with van der Waals surface area (Å²) in [4.78, 5) is 13.5. The smallest absolute Gasteiger partial charge is 0.254 e. The van der Waals surface area contributed by atoms with Gasteiger partial charge in [0.05, 0.1) is 12.1 Å². The maximum Gasteiger partial charge on any atom is 0.254 e. The molecule has 0 saturated heterocycles. The molecular formula is C12H17NO2. The molecule has 1 aromatic rings. The van der Waals surface area contributed by atoms with Gasteiger partial charge in [-0.3, -0.25) is 4.79 Å². The van der Waals surface area contributed by atoms with Crippen LogP contribution in [0.1, 0.15) is 24.2 Å². The van der Waals surface area contributed by atoms with E-state index in [-0.39, 0.29) is 12.5 Å². The minimum absolute atomic E-state index is 0.0535. The number of hydrogen-bond acceptors (Lipinski definition) is 2. The quantitative estimate of drug-likeness (QED) is 0.816. The van der Waals surface area contributed by atoms with Crippen LogP contribution < -0.4 is 0 Å². The molecule has 0 unspecified atom stereocenters.